The molecule has 0 aliphatic heterocycles. The number of ether oxygens (including phenoxy) is 1. The number of hydrogen-bond acceptors (Lipinski definition) is 4. The summed E-state index contributed by atoms with van der Waals surface area (Å²) in [5.74, 6) is -0.595. The highest BCUT2D eigenvalue weighted by atomic mass is 127. The van der Waals surface area contributed by atoms with Crippen LogP contribution in [0.1, 0.15) is 5.56 Å². The third-order valence-electron chi connectivity index (χ3n) is 1.55. The Kier molecular flexibility index (Phi) is 3.60. The van der Waals surface area contributed by atoms with Crippen molar-refractivity contribution in [1.82, 2.24) is 4.98 Å². The van der Waals surface area contributed by atoms with Gasteiger partial charge in [-0.2, -0.15) is 0 Å². The van der Waals surface area contributed by atoms with Gasteiger partial charge in [-0.1, -0.05) is 0 Å². The Morgan fingerprint density at radius 3 is 2.53 bits per heavy atom. The largest absolute Gasteiger partial charge is 0.574 e. The minimum absolute atomic E-state index is 0.0548. The standard InChI is InChI=1S/C7H7F3IN3O/c8-7(9,10)15-6-3(1-12)5(13)4(11)2-14-6/h2H,1,12H2,(H2,13,14). The first kappa shape index (κ1) is 12.3. The fraction of sp³-hybridized carbons (Fsp3) is 0.286. The van der Waals surface area contributed by atoms with E-state index >= 15 is 0 Å². The zero-order valence-corrected chi connectivity index (χ0v) is 9.46. The first-order valence-electron chi connectivity index (χ1n) is 3.74. The first-order chi connectivity index (χ1) is 6.85. The normalized spacial score (nSPS) is 11.5. The summed E-state index contributed by atoms with van der Waals surface area (Å²) in [6.07, 6.45) is -3.60. The van der Waals surface area contributed by atoms with Gasteiger partial charge in [0.2, 0.25) is 5.88 Å². The summed E-state index contributed by atoms with van der Waals surface area (Å²) in [6.45, 7) is -0.166. The average Bonchev–Trinajstić information content (AvgIpc) is 2.10. The van der Waals surface area contributed by atoms with E-state index in [4.69, 9.17) is 11.5 Å². The predicted molar refractivity (Wildman–Crippen MR) is 55.9 cm³/mol. The molecule has 1 aromatic heterocycles. The van der Waals surface area contributed by atoms with E-state index in [0.29, 0.717) is 3.57 Å². The highest BCUT2D eigenvalue weighted by Gasteiger charge is 2.33. The fourth-order valence-corrected chi connectivity index (χ4v) is 1.38. The number of alkyl halides is 3. The molecule has 0 aliphatic rings. The smallest absolute Gasteiger partial charge is 0.397 e. The van der Waals surface area contributed by atoms with Gasteiger partial charge in [0.15, 0.2) is 0 Å². The molecule has 0 atom stereocenters. The van der Waals surface area contributed by atoms with Crippen LogP contribution < -0.4 is 16.2 Å². The molecule has 84 valence electrons. The molecular formula is C7H7F3IN3O. The summed E-state index contributed by atoms with van der Waals surface area (Å²) in [4.78, 5) is 3.49. The molecule has 8 heteroatoms. The molecule has 0 aromatic carbocycles. The molecule has 15 heavy (non-hydrogen) atoms. The zero-order valence-electron chi connectivity index (χ0n) is 7.31. The Labute approximate surface area is 96.9 Å². The van der Waals surface area contributed by atoms with Crippen LogP contribution in [0.2, 0.25) is 0 Å². The van der Waals surface area contributed by atoms with Crippen molar-refractivity contribution in [3.63, 3.8) is 0 Å². The van der Waals surface area contributed by atoms with E-state index in [-0.39, 0.29) is 17.8 Å². The van der Waals surface area contributed by atoms with E-state index in [9.17, 15) is 13.2 Å². The Morgan fingerprint density at radius 1 is 1.47 bits per heavy atom. The van der Waals surface area contributed by atoms with Crippen molar-refractivity contribution in [2.24, 2.45) is 5.73 Å². The van der Waals surface area contributed by atoms with E-state index in [1.807, 2.05) is 22.6 Å². The fourth-order valence-electron chi connectivity index (χ4n) is 0.917. The van der Waals surface area contributed by atoms with Gasteiger partial charge in [-0.25, -0.2) is 4.98 Å². The zero-order chi connectivity index (χ0) is 11.6. The monoisotopic (exact) mass is 333 g/mol. The van der Waals surface area contributed by atoms with Gasteiger partial charge in [-0.3, -0.25) is 0 Å². The van der Waals surface area contributed by atoms with Crippen molar-refractivity contribution in [1.29, 1.82) is 0 Å². The number of rotatable bonds is 2. The predicted octanol–water partition coefficient (Wildman–Crippen LogP) is 1.63. The van der Waals surface area contributed by atoms with Gasteiger partial charge in [-0.15, -0.1) is 13.2 Å². The molecule has 0 amide bonds. The molecule has 1 rings (SSSR count). The number of pyridine rings is 1. The van der Waals surface area contributed by atoms with Crippen molar-refractivity contribution < 1.29 is 17.9 Å². The second-order valence-corrected chi connectivity index (χ2v) is 3.72. The summed E-state index contributed by atoms with van der Waals surface area (Å²) in [7, 11) is 0. The van der Waals surface area contributed by atoms with Crippen molar-refractivity contribution in [2.45, 2.75) is 12.9 Å². The van der Waals surface area contributed by atoms with Gasteiger partial charge < -0.3 is 16.2 Å². The maximum absolute atomic E-state index is 11.9. The Balaban J connectivity index is 3.14. The molecule has 1 aromatic rings. The maximum Gasteiger partial charge on any atom is 0.574 e. The molecule has 0 aliphatic carbocycles. The van der Waals surface area contributed by atoms with E-state index in [1.54, 1.807) is 0 Å². The molecule has 4 N–H and O–H groups in total. The number of anilines is 1. The highest BCUT2D eigenvalue weighted by Crippen LogP contribution is 2.29. The second-order valence-electron chi connectivity index (χ2n) is 2.56. The van der Waals surface area contributed by atoms with Gasteiger partial charge >= 0.3 is 6.36 Å². The van der Waals surface area contributed by atoms with E-state index in [1.165, 1.54) is 6.20 Å². The van der Waals surface area contributed by atoms with Crippen LogP contribution in [0.15, 0.2) is 6.20 Å². The van der Waals surface area contributed by atoms with Gasteiger partial charge in [0.25, 0.3) is 0 Å². The van der Waals surface area contributed by atoms with Crippen LogP contribution in [-0.2, 0) is 6.54 Å². The Hall–Kier alpha value is -0.770. The summed E-state index contributed by atoms with van der Waals surface area (Å²) >= 11 is 1.85. The number of nitrogens with two attached hydrogens (primary N) is 2. The van der Waals surface area contributed by atoms with E-state index < -0.39 is 12.2 Å². The quantitative estimate of drug-likeness (QED) is 0.807. The molecule has 0 fully saturated rings. The Morgan fingerprint density at radius 2 is 2.07 bits per heavy atom. The molecule has 0 spiro atoms. The molecule has 0 saturated carbocycles. The van der Waals surface area contributed by atoms with Crippen molar-refractivity contribution in [3.05, 3.63) is 15.3 Å². The number of aromatic nitrogens is 1. The minimum Gasteiger partial charge on any atom is -0.397 e. The van der Waals surface area contributed by atoms with E-state index in [2.05, 4.69) is 9.72 Å². The number of nitrogens with zero attached hydrogens (tertiary/aromatic N) is 1. The average molecular weight is 333 g/mol. The van der Waals surface area contributed by atoms with Crippen LogP contribution in [0.5, 0.6) is 5.88 Å². The third-order valence-corrected chi connectivity index (χ3v) is 2.41. The number of halogens is 4. The molecule has 1 heterocycles. The lowest BCUT2D eigenvalue weighted by Crippen LogP contribution is -2.20. The van der Waals surface area contributed by atoms with Crippen molar-refractivity contribution in [3.8, 4) is 5.88 Å². The topological polar surface area (TPSA) is 74.2 Å². The Bertz CT molecular complexity index is 369. The molecule has 0 saturated heterocycles. The van der Waals surface area contributed by atoms with Crippen LogP contribution >= 0.6 is 22.6 Å². The summed E-state index contributed by atoms with van der Waals surface area (Å²) in [6, 6.07) is 0. The van der Waals surface area contributed by atoms with Gasteiger partial charge in [0.05, 0.1) is 14.8 Å². The number of nitrogen functional groups attached to an aromatic ring is 1. The maximum atomic E-state index is 11.9. The van der Waals surface area contributed by atoms with E-state index in [0.717, 1.165) is 0 Å². The highest BCUT2D eigenvalue weighted by molar-refractivity contribution is 14.1. The third kappa shape index (κ3) is 3.09. The van der Waals surface area contributed by atoms with Crippen molar-refractivity contribution in [2.75, 3.05) is 5.73 Å². The van der Waals surface area contributed by atoms with Gasteiger partial charge in [0.1, 0.15) is 0 Å². The second kappa shape index (κ2) is 4.39. The minimum atomic E-state index is -4.80. The summed E-state index contributed by atoms with van der Waals surface area (Å²) in [5, 5.41) is 0. The lowest BCUT2D eigenvalue weighted by atomic mass is 10.2. The molecule has 0 bridgehead atoms. The van der Waals surface area contributed by atoms with Crippen LogP contribution in [-0.4, -0.2) is 11.3 Å². The van der Waals surface area contributed by atoms with Crippen molar-refractivity contribution >= 4 is 28.3 Å². The van der Waals surface area contributed by atoms with Crippen LogP contribution in [0.4, 0.5) is 18.9 Å². The molecule has 0 radical (unpaired) electrons. The van der Waals surface area contributed by atoms with Crippen LogP contribution in [0, 0.1) is 3.57 Å². The molecular weight excluding hydrogens is 326 g/mol. The van der Waals surface area contributed by atoms with Gasteiger partial charge in [0, 0.05) is 12.7 Å². The number of hydrogen-bond donors (Lipinski definition) is 2. The van der Waals surface area contributed by atoms with Gasteiger partial charge in [-0.05, 0) is 22.6 Å². The summed E-state index contributed by atoms with van der Waals surface area (Å²) < 4.78 is 40.0. The summed E-state index contributed by atoms with van der Waals surface area (Å²) in [5.41, 5.74) is 11.0. The SMILES string of the molecule is NCc1c(OC(F)(F)F)ncc(I)c1N. The molecule has 0 unspecified atom stereocenters. The van der Waals surface area contributed by atoms with Crippen LogP contribution in [0.3, 0.4) is 0 Å². The molecule has 4 nitrogen and oxygen atoms in total. The van der Waals surface area contributed by atoms with Crippen LogP contribution in [0.25, 0.3) is 0 Å². The lowest BCUT2D eigenvalue weighted by Gasteiger charge is -2.13. The first-order valence-corrected chi connectivity index (χ1v) is 4.81. The lowest BCUT2D eigenvalue weighted by molar-refractivity contribution is -0.276.